The van der Waals surface area contributed by atoms with Gasteiger partial charge in [0.25, 0.3) is 0 Å². The van der Waals surface area contributed by atoms with Gasteiger partial charge in [0.1, 0.15) is 0 Å². The summed E-state index contributed by atoms with van der Waals surface area (Å²) in [7, 11) is 0. The molecular formula is C27H25N3O. The second kappa shape index (κ2) is 10.2. The summed E-state index contributed by atoms with van der Waals surface area (Å²) < 4.78 is 0. The highest BCUT2D eigenvalue weighted by molar-refractivity contribution is 5.74. The average molecular weight is 408 g/mol. The maximum Gasteiger partial charge on any atom is 0.329 e. The van der Waals surface area contributed by atoms with Gasteiger partial charge in [-0.25, -0.2) is 10.2 Å². The normalized spacial score (nSPS) is 10.8. The van der Waals surface area contributed by atoms with Crippen molar-refractivity contribution in [2.75, 3.05) is 0 Å². The molecule has 154 valence electrons. The Morgan fingerprint density at radius 2 is 0.806 bits per heavy atom. The van der Waals surface area contributed by atoms with Crippen molar-refractivity contribution < 1.29 is 4.79 Å². The fraction of sp³-hybridized carbons (Fsp3) is 0.0741. The highest BCUT2D eigenvalue weighted by Crippen LogP contribution is 2.22. The van der Waals surface area contributed by atoms with Crippen molar-refractivity contribution in [3.8, 4) is 0 Å². The highest BCUT2D eigenvalue weighted by atomic mass is 16.2. The Balaban J connectivity index is 1.50. The molecule has 0 atom stereocenters. The lowest BCUT2D eigenvalue weighted by molar-refractivity contribution is 0.232. The summed E-state index contributed by atoms with van der Waals surface area (Å²) in [5, 5.41) is 3.10. The lowest BCUT2D eigenvalue weighted by atomic mass is 9.99. The van der Waals surface area contributed by atoms with Gasteiger partial charge in [0.15, 0.2) is 0 Å². The van der Waals surface area contributed by atoms with E-state index in [1.165, 1.54) is 0 Å². The molecule has 0 radical (unpaired) electrons. The van der Waals surface area contributed by atoms with E-state index in [1.807, 2.05) is 121 Å². The van der Waals surface area contributed by atoms with Crippen molar-refractivity contribution in [1.29, 1.82) is 0 Å². The summed E-state index contributed by atoms with van der Waals surface area (Å²) in [5.41, 5.74) is 10.2. The third-order valence-electron chi connectivity index (χ3n) is 5.14. The molecule has 0 aliphatic carbocycles. The van der Waals surface area contributed by atoms with Crippen LogP contribution in [0.5, 0.6) is 0 Å². The van der Waals surface area contributed by atoms with E-state index in [1.54, 1.807) is 0 Å². The van der Waals surface area contributed by atoms with Crippen molar-refractivity contribution in [3.63, 3.8) is 0 Å². The summed E-state index contributed by atoms with van der Waals surface area (Å²) in [4.78, 5) is 12.9. The van der Waals surface area contributed by atoms with Crippen LogP contribution in [0.25, 0.3) is 0 Å². The molecule has 0 spiro atoms. The molecule has 31 heavy (non-hydrogen) atoms. The van der Waals surface area contributed by atoms with Gasteiger partial charge in [0.05, 0.1) is 12.1 Å². The average Bonchev–Trinajstić information content (AvgIpc) is 2.85. The molecule has 0 saturated heterocycles. The van der Waals surface area contributed by atoms with Gasteiger partial charge in [-0.05, 0) is 22.3 Å². The molecular weight excluding hydrogens is 382 g/mol. The summed E-state index contributed by atoms with van der Waals surface area (Å²) in [5.74, 6) is 0. The SMILES string of the molecule is O=C(NNC(c1ccccc1)c1ccccc1)NC(c1ccccc1)c1ccccc1. The number of hydrazine groups is 1. The molecule has 0 aliphatic rings. The number of hydrogen-bond acceptors (Lipinski definition) is 2. The Kier molecular flexibility index (Phi) is 6.73. The minimum Gasteiger partial charge on any atom is -0.326 e. The van der Waals surface area contributed by atoms with Crippen molar-refractivity contribution in [1.82, 2.24) is 16.2 Å². The standard InChI is InChI=1S/C27H25N3O/c31-27(28-25(21-13-5-1-6-14-21)22-15-7-2-8-16-22)30-29-26(23-17-9-3-10-18-23)24-19-11-4-12-20-24/h1-20,25-26,29H,(H2,28,30,31). The number of rotatable bonds is 7. The maximum atomic E-state index is 12.9. The monoisotopic (exact) mass is 407 g/mol. The highest BCUT2D eigenvalue weighted by Gasteiger charge is 2.18. The molecule has 0 fully saturated rings. The number of hydrogen-bond donors (Lipinski definition) is 3. The van der Waals surface area contributed by atoms with E-state index in [0.29, 0.717) is 0 Å². The predicted octanol–water partition coefficient (Wildman–Crippen LogP) is 5.37. The van der Waals surface area contributed by atoms with Gasteiger partial charge < -0.3 is 5.32 Å². The van der Waals surface area contributed by atoms with Crippen molar-refractivity contribution >= 4 is 6.03 Å². The van der Waals surface area contributed by atoms with Crippen LogP contribution in [0, 0.1) is 0 Å². The van der Waals surface area contributed by atoms with Crippen LogP contribution in [0.3, 0.4) is 0 Å². The first kappa shape index (κ1) is 20.4. The topological polar surface area (TPSA) is 53.2 Å². The second-order valence-corrected chi connectivity index (χ2v) is 7.25. The number of carbonyl (C=O) groups is 1. The van der Waals surface area contributed by atoms with Crippen LogP contribution in [-0.2, 0) is 0 Å². The Morgan fingerprint density at radius 3 is 1.16 bits per heavy atom. The van der Waals surface area contributed by atoms with E-state index < -0.39 is 0 Å². The van der Waals surface area contributed by atoms with Crippen LogP contribution in [-0.4, -0.2) is 6.03 Å². The van der Waals surface area contributed by atoms with E-state index in [0.717, 1.165) is 22.3 Å². The third-order valence-corrected chi connectivity index (χ3v) is 5.14. The molecule has 0 heterocycles. The first-order valence-corrected chi connectivity index (χ1v) is 10.3. The van der Waals surface area contributed by atoms with E-state index in [9.17, 15) is 4.79 Å². The van der Waals surface area contributed by atoms with Gasteiger partial charge >= 0.3 is 6.03 Å². The summed E-state index contributed by atoms with van der Waals surface area (Å²) in [6, 6.07) is 39.3. The Bertz CT molecular complexity index is 992. The molecule has 4 heteroatoms. The largest absolute Gasteiger partial charge is 0.329 e. The Labute approximate surface area is 182 Å². The molecule has 0 unspecified atom stereocenters. The van der Waals surface area contributed by atoms with Gasteiger partial charge in [-0.1, -0.05) is 121 Å². The van der Waals surface area contributed by atoms with Gasteiger partial charge in [-0.15, -0.1) is 0 Å². The van der Waals surface area contributed by atoms with Gasteiger partial charge in [0, 0.05) is 0 Å². The minimum absolute atomic E-state index is 0.167. The fourth-order valence-corrected chi connectivity index (χ4v) is 3.61. The Hall–Kier alpha value is -3.89. The fourth-order valence-electron chi connectivity index (χ4n) is 3.61. The van der Waals surface area contributed by atoms with Gasteiger partial charge in [-0.3, -0.25) is 5.43 Å². The van der Waals surface area contributed by atoms with Crippen LogP contribution < -0.4 is 16.2 Å². The van der Waals surface area contributed by atoms with Crippen LogP contribution >= 0.6 is 0 Å². The molecule has 3 N–H and O–H groups in total. The summed E-state index contributed by atoms with van der Waals surface area (Å²) in [6.45, 7) is 0. The van der Waals surface area contributed by atoms with Crippen LogP contribution in [0.15, 0.2) is 121 Å². The number of carbonyl (C=O) groups excluding carboxylic acids is 1. The van der Waals surface area contributed by atoms with E-state index in [-0.39, 0.29) is 18.1 Å². The van der Waals surface area contributed by atoms with Crippen LogP contribution in [0.2, 0.25) is 0 Å². The Morgan fingerprint density at radius 1 is 0.484 bits per heavy atom. The first-order valence-electron chi connectivity index (χ1n) is 10.3. The molecule has 0 bridgehead atoms. The molecule has 4 aromatic carbocycles. The zero-order chi connectivity index (χ0) is 21.3. The molecule has 4 rings (SSSR count). The molecule has 4 aromatic rings. The van der Waals surface area contributed by atoms with Gasteiger partial charge in [-0.2, -0.15) is 0 Å². The first-order chi connectivity index (χ1) is 15.3. The lowest BCUT2D eigenvalue weighted by Crippen LogP contribution is -2.47. The van der Waals surface area contributed by atoms with Crippen molar-refractivity contribution in [2.45, 2.75) is 12.1 Å². The number of urea groups is 1. The van der Waals surface area contributed by atoms with Crippen LogP contribution in [0.1, 0.15) is 34.3 Å². The van der Waals surface area contributed by atoms with E-state index in [2.05, 4.69) is 16.2 Å². The van der Waals surface area contributed by atoms with Crippen LogP contribution in [0.4, 0.5) is 4.79 Å². The smallest absolute Gasteiger partial charge is 0.326 e. The molecule has 4 nitrogen and oxygen atoms in total. The summed E-state index contributed by atoms with van der Waals surface area (Å²) >= 11 is 0. The number of nitrogens with one attached hydrogen (secondary N) is 3. The molecule has 0 saturated carbocycles. The molecule has 0 aliphatic heterocycles. The van der Waals surface area contributed by atoms with Crippen molar-refractivity contribution in [3.05, 3.63) is 144 Å². The van der Waals surface area contributed by atoms with E-state index >= 15 is 0 Å². The lowest BCUT2D eigenvalue weighted by Gasteiger charge is -2.23. The number of amides is 2. The number of benzene rings is 4. The van der Waals surface area contributed by atoms with E-state index in [4.69, 9.17) is 0 Å². The maximum absolute atomic E-state index is 12.9. The predicted molar refractivity (Wildman–Crippen MR) is 124 cm³/mol. The second-order valence-electron chi connectivity index (χ2n) is 7.25. The zero-order valence-corrected chi connectivity index (χ0v) is 17.1. The quantitative estimate of drug-likeness (QED) is 0.361. The molecule has 0 aromatic heterocycles. The van der Waals surface area contributed by atoms with Gasteiger partial charge in [0.2, 0.25) is 0 Å². The molecule has 2 amide bonds. The summed E-state index contributed by atoms with van der Waals surface area (Å²) in [6.07, 6.45) is 0. The van der Waals surface area contributed by atoms with Crippen molar-refractivity contribution in [2.24, 2.45) is 0 Å². The zero-order valence-electron chi connectivity index (χ0n) is 17.1. The third kappa shape index (κ3) is 5.38. The minimum atomic E-state index is -0.297.